The molecule has 0 aliphatic heterocycles. The number of hydrogen-bond acceptors (Lipinski definition) is 4. The number of hydrogen-bond donors (Lipinski definition) is 3. The normalized spacial score (nSPS) is 17.2. The number of nitrogens with two attached hydrogens (primary N) is 1. The Kier molecular flexibility index (Phi) is 4.74. The Morgan fingerprint density at radius 1 is 1.47 bits per heavy atom. The van der Waals surface area contributed by atoms with Crippen molar-refractivity contribution in [2.45, 2.75) is 26.7 Å². The Morgan fingerprint density at radius 3 is 2.47 bits per heavy atom. The van der Waals surface area contributed by atoms with Crippen molar-refractivity contribution in [2.75, 3.05) is 20.1 Å². The lowest BCUT2D eigenvalue weighted by Crippen LogP contribution is -2.46. The molecule has 0 unspecified atom stereocenters. The topological polar surface area (TPSA) is 108 Å². The monoisotopic (exact) mass is 270 g/mol. The molecule has 7 heteroatoms. The molecule has 0 aromatic rings. The van der Waals surface area contributed by atoms with Gasteiger partial charge < -0.3 is 21.2 Å². The average Bonchev–Trinajstić information content (AvgIpc) is 3.15. The Labute approximate surface area is 112 Å². The van der Waals surface area contributed by atoms with Gasteiger partial charge >= 0.3 is 0 Å². The van der Waals surface area contributed by atoms with E-state index in [0.29, 0.717) is 25.3 Å². The van der Waals surface area contributed by atoms with E-state index in [1.807, 2.05) is 13.8 Å². The van der Waals surface area contributed by atoms with Crippen LogP contribution in [0.1, 0.15) is 26.7 Å². The number of nitrogens with zero attached hydrogens (tertiary/aromatic N) is 2. The lowest BCUT2D eigenvalue weighted by molar-refractivity contribution is -0.137. The van der Waals surface area contributed by atoms with Crippen LogP contribution in [0.4, 0.5) is 0 Å². The second-order valence-corrected chi connectivity index (χ2v) is 5.43. The molecule has 19 heavy (non-hydrogen) atoms. The second kappa shape index (κ2) is 5.90. The zero-order valence-corrected chi connectivity index (χ0v) is 11.6. The fourth-order valence-electron chi connectivity index (χ4n) is 1.83. The van der Waals surface area contributed by atoms with Crippen LogP contribution in [-0.2, 0) is 9.59 Å². The predicted octanol–water partition coefficient (Wildman–Crippen LogP) is -0.256. The third-order valence-corrected chi connectivity index (χ3v) is 3.19. The van der Waals surface area contributed by atoms with Crippen molar-refractivity contribution in [3.8, 4) is 0 Å². The first-order valence-electron chi connectivity index (χ1n) is 6.33. The molecule has 0 bridgehead atoms. The maximum absolute atomic E-state index is 12.2. The first-order valence-corrected chi connectivity index (χ1v) is 6.33. The van der Waals surface area contributed by atoms with Crippen molar-refractivity contribution in [1.82, 2.24) is 10.2 Å². The van der Waals surface area contributed by atoms with Gasteiger partial charge in [-0.15, -0.1) is 0 Å². The minimum Gasteiger partial charge on any atom is -0.409 e. The molecule has 0 atom stereocenters. The summed E-state index contributed by atoms with van der Waals surface area (Å²) in [5.74, 6) is -0.203. The van der Waals surface area contributed by atoms with Gasteiger partial charge in [-0.25, -0.2) is 0 Å². The highest BCUT2D eigenvalue weighted by Crippen LogP contribution is 2.47. The van der Waals surface area contributed by atoms with E-state index in [1.165, 1.54) is 4.90 Å². The smallest absolute Gasteiger partial charge is 0.239 e. The zero-order chi connectivity index (χ0) is 14.6. The molecule has 108 valence electrons. The summed E-state index contributed by atoms with van der Waals surface area (Å²) in [7, 11) is 1.54. The molecule has 0 spiro atoms. The van der Waals surface area contributed by atoms with Crippen molar-refractivity contribution >= 4 is 17.6 Å². The number of oxime groups is 1. The quantitative estimate of drug-likeness (QED) is 0.267. The van der Waals surface area contributed by atoms with Crippen LogP contribution >= 0.6 is 0 Å². The van der Waals surface area contributed by atoms with Crippen LogP contribution < -0.4 is 11.1 Å². The largest absolute Gasteiger partial charge is 0.409 e. The Bertz CT molecular complexity index is 388. The number of rotatable bonds is 6. The highest BCUT2D eigenvalue weighted by atomic mass is 16.4. The van der Waals surface area contributed by atoms with Gasteiger partial charge in [-0.05, 0) is 18.8 Å². The molecule has 4 N–H and O–H groups in total. The van der Waals surface area contributed by atoms with Crippen LogP contribution in [0.15, 0.2) is 5.16 Å². The van der Waals surface area contributed by atoms with Gasteiger partial charge in [-0.3, -0.25) is 9.59 Å². The van der Waals surface area contributed by atoms with Gasteiger partial charge in [0.2, 0.25) is 11.8 Å². The number of nitrogens with one attached hydrogen (secondary N) is 1. The lowest BCUT2D eigenvalue weighted by atomic mass is 10.0. The van der Waals surface area contributed by atoms with Crippen molar-refractivity contribution in [1.29, 1.82) is 0 Å². The second-order valence-electron chi connectivity index (χ2n) is 5.43. The first kappa shape index (κ1) is 15.3. The van der Waals surface area contributed by atoms with Crippen LogP contribution in [0.25, 0.3) is 0 Å². The number of amides is 2. The molecule has 1 aliphatic rings. The van der Waals surface area contributed by atoms with Gasteiger partial charge in [-0.1, -0.05) is 19.0 Å². The standard InChI is InChI=1S/C12H22N4O3/c1-8(2)6-14-9(17)7-16(3)11(18)12(4-5-12)10(13)15-19/h8,19H,4-7H2,1-3H3,(H2,13,15)(H,14,17). The summed E-state index contributed by atoms with van der Waals surface area (Å²) in [6, 6.07) is 0. The zero-order valence-electron chi connectivity index (χ0n) is 11.6. The van der Waals surface area contributed by atoms with Gasteiger partial charge in [0.1, 0.15) is 5.41 Å². The van der Waals surface area contributed by atoms with Gasteiger partial charge in [0, 0.05) is 13.6 Å². The first-order chi connectivity index (χ1) is 8.83. The van der Waals surface area contributed by atoms with E-state index in [4.69, 9.17) is 10.9 Å². The van der Waals surface area contributed by atoms with Gasteiger partial charge in [0.05, 0.1) is 6.54 Å². The van der Waals surface area contributed by atoms with Crippen LogP contribution in [0.3, 0.4) is 0 Å². The Hall–Kier alpha value is -1.79. The maximum Gasteiger partial charge on any atom is 0.239 e. The van der Waals surface area contributed by atoms with Crippen molar-refractivity contribution < 1.29 is 14.8 Å². The highest BCUT2D eigenvalue weighted by Gasteiger charge is 2.55. The van der Waals surface area contributed by atoms with E-state index in [9.17, 15) is 9.59 Å². The summed E-state index contributed by atoms with van der Waals surface area (Å²) in [6.07, 6.45) is 1.11. The van der Waals surface area contributed by atoms with E-state index in [2.05, 4.69) is 10.5 Å². The molecule has 7 nitrogen and oxygen atoms in total. The van der Waals surface area contributed by atoms with Crippen molar-refractivity contribution in [2.24, 2.45) is 22.2 Å². The molecular formula is C12H22N4O3. The van der Waals surface area contributed by atoms with E-state index >= 15 is 0 Å². The molecule has 0 radical (unpaired) electrons. The Morgan fingerprint density at radius 2 is 2.05 bits per heavy atom. The highest BCUT2D eigenvalue weighted by molar-refractivity contribution is 6.09. The third kappa shape index (κ3) is 3.59. The molecule has 2 amide bonds. The minimum absolute atomic E-state index is 0.0218. The summed E-state index contributed by atoms with van der Waals surface area (Å²) in [5, 5.41) is 14.3. The Balaban J connectivity index is 2.52. The molecule has 0 saturated heterocycles. The van der Waals surface area contributed by atoms with E-state index < -0.39 is 5.41 Å². The molecule has 1 aliphatic carbocycles. The molecule has 0 heterocycles. The van der Waals surface area contributed by atoms with Gasteiger partial charge in [0.15, 0.2) is 5.84 Å². The predicted molar refractivity (Wildman–Crippen MR) is 70.6 cm³/mol. The molecular weight excluding hydrogens is 248 g/mol. The third-order valence-electron chi connectivity index (χ3n) is 3.19. The SMILES string of the molecule is CC(C)CNC(=O)CN(C)C(=O)C1(C(N)=NO)CC1. The van der Waals surface area contributed by atoms with Gasteiger partial charge in [-0.2, -0.15) is 0 Å². The average molecular weight is 270 g/mol. The molecule has 1 saturated carbocycles. The van der Waals surface area contributed by atoms with Crippen molar-refractivity contribution in [3.05, 3.63) is 0 Å². The maximum atomic E-state index is 12.2. The van der Waals surface area contributed by atoms with E-state index in [0.717, 1.165) is 0 Å². The van der Waals surface area contributed by atoms with Crippen LogP contribution in [0, 0.1) is 11.3 Å². The summed E-state index contributed by atoms with van der Waals surface area (Å²) < 4.78 is 0. The number of carbonyl (C=O) groups excluding carboxylic acids is 2. The van der Waals surface area contributed by atoms with E-state index in [-0.39, 0.29) is 24.2 Å². The molecule has 1 rings (SSSR count). The van der Waals surface area contributed by atoms with Gasteiger partial charge in [0.25, 0.3) is 0 Å². The summed E-state index contributed by atoms with van der Waals surface area (Å²) in [4.78, 5) is 25.1. The molecule has 1 fully saturated rings. The number of amidine groups is 1. The van der Waals surface area contributed by atoms with Crippen LogP contribution in [0.2, 0.25) is 0 Å². The van der Waals surface area contributed by atoms with E-state index in [1.54, 1.807) is 7.05 Å². The number of likely N-dealkylation sites (N-methyl/N-ethyl adjacent to an activating group) is 1. The van der Waals surface area contributed by atoms with Crippen LogP contribution in [-0.4, -0.2) is 47.9 Å². The minimum atomic E-state index is -0.901. The summed E-state index contributed by atoms with van der Waals surface area (Å²) >= 11 is 0. The molecule has 0 aromatic carbocycles. The number of carbonyl (C=O) groups is 2. The molecule has 0 aromatic heterocycles. The summed E-state index contributed by atoms with van der Waals surface area (Å²) in [6.45, 7) is 4.54. The van der Waals surface area contributed by atoms with Crippen LogP contribution in [0.5, 0.6) is 0 Å². The lowest BCUT2D eigenvalue weighted by Gasteiger charge is -2.22. The fraction of sp³-hybridized carbons (Fsp3) is 0.750. The fourth-order valence-corrected chi connectivity index (χ4v) is 1.83. The van der Waals surface area contributed by atoms with Crippen molar-refractivity contribution in [3.63, 3.8) is 0 Å². The summed E-state index contributed by atoms with van der Waals surface area (Å²) in [5.41, 5.74) is 4.63.